The Kier molecular flexibility index (Phi) is 7.19. The van der Waals surface area contributed by atoms with E-state index in [1.54, 1.807) is 30.3 Å². The summed E-state index contributed by atoms with van der Waals surface area (Å²) in [5.74, 6) is 0.987. The van der Waals surface area contributed by atoms with Crippen molar-refractivity contribution >= 4 is 34.9 Å². The second-order valence-corrected chi connectivity index (χ2v) is 6.85. The van der Waals surface area contributed by atoms with Gasteiger partial charge < -0.3 is 9.47 Å². The predicted molar refractivity (Wildman–Crippen MR) is 120 cm³/mol. The number of non-ortho nitro benzene ring substituents is 1. The lowest BCUT2D eigenvalue weighted by molar-refractivity contribution is -0.393. The van der Waals surface area contributed by atoms with Gasteiger partial charge in [0.05, 0.1) is 29.2 Å². The van der Waals surface area contributed by atoms with Crippen molar-refractivity contribution in [3.8, 4) is 11.5 Å². The van der Waals surface area contributed by atoms with Crippen LogP contribution in [0.15, 0.2) is 65.8 Å². The number of ether oxygens (including phenoxy) is 2. The molecule has 0 bridgehead atoms. The quantitative estimate of drug-likeness (QED) is 0.266. The number of halogens is 1. The molecule has 3 aromatic rings. The highest BCUT2D eigenvalue weighted by atomic mass is 35.5. The predicted octanol–water partition coefficient (Wildman–Crippen LogP) is 5.19. The minimum Gasteiger partial charge on any atom is -0.493 e. The van der Waals surface area contributed by atoms with Crippen molar-refractivity contribution in [3.63, 3.8) is 0 Å². The topological polar surface area (TPSA) is 129 Å². The van der Waals surface area contributed by atoms with Crippen LogP contribution in [0.2, 0.25) is 5.02 Å². The number of anilines is 1. The third-order valence-electron chi connectivity index (χ3n) is 4.26. The molecule has 32 heavy (non-hydrogen) atoms. The molecular formula is C21H17ClN4O6. The van der Waals surface area contributed by atoms with Gasteiger partial charge in [-0.25, -0.2) is 0 Å². The zero-order valence-electron chi connectivity index (χ0n) is 16.7. The van der Waals surface area contributed by atoms with E-state index in [1.165, 1.54) is 19.4 Å². The first-order valence-corrected chi connectivity index (χ1v) is 9.52. The van der Waals surface area contributed by atoms with E-state index in [4.69, 9.17) is 21.1 Å². The van der Waals surface area contributed by atoms with Gasteiger partial charge in [0.25, 0.3) is 5.69 Å². The second-order valence-electron chi connectivity index (χ2n) is 6.41. The van der Waals surface area contributed by atoms with Gasteiger partial charge in [0, 0.05) is 11.1 Å². The molecule has 0 aliphatic carbocycles. The van der Waals surface area contributed by atoms with Crippen LogP contribution in [0.4, 0.5) is 17.1 Å². The van der Waals surface area contributed by atoms with E-state index in [1.807, 2.05) is 12.1 Å². The normalized spacial score (nSPS) is 10.7. The summed E-state index contributed by atoms with van der Waals surface area (Å²) in [6.07, 6.45) is 1.43. The molecule has 3 rings (SSSR count). The molecule has 0 fully saturated rings. The Labute approximate surface area is 187 Å². The molecule has 0 aliphatic heterocycles. The van der Waals surface area contributed by atoms with Gasteiger partial charge in [-0.3, -0.25) is 25.7 Å². The highest BCUT2D eigenvalue weighted by Gasteiger charge is 2.19. The van der Waals surface area contributed by atoms with E-state index in [0.29, 0.717) is 28.7 Å². The molecule has 10 nitrogen and oxygen atoms in total. The number of rotatable bonds is 9. The van der Waals surface area contributed by atoms with Crippen LogP contribution in [0.1, 0.15) is 11.1 Å². The molecule has 0 spiro atoms. The van der Waals surface area contributed by atoms with Gasteiger partial charge in [-0.1, -0.05) is 23.7 Å². The van der Waals surface area contributed by atoms with Crippen LogP contribution < -0.4 is 14.9 Å². The van der Waals surface area contributed by atoms with Gasteiger partial charge in [0.1, 0.15) is 12.3 Å². The van der Waals surface area contributed by atoms with Crippen LogP contribution in [-0.4, -0.2) is 23.2 Å². The first-order chi connectivity index (χ1) is 15.4. The zero-order chi connectivity index (χ0) is 23.1. The number of nitro benzene ring substituents is 2. The fourth-order valence-electron chi connectivity index (χ4n) is 2.73. The third kappa shape index (κ3) is 5.70. The molecule has 1 N–H and O–H groups in total. The SMILES string of the molecule is COc1cc(/C=N/Nc2ccc([N+](=O)[O-])cc2[N+](=O)[O-])ccc1OCc1cccc(Cl)c1. The molecular weight excluding hydrogens is 440 g/mol. The van der Waals surface area contributed by atoms with E-state index in [-0.39, 0.29) is 11.4 Å². The van der Waals surface area contributed by atoms with Crippen LogP contribution >= 0.6 is 11.6 Å². The first-order valence-electron chi connectivity index (χ1n) is 9.14. The Morgan fingerprint density at radius 2 is 1.84 bits per heavy atom. The number of hydrogen-bond acceptors (Lipinski definition) is 8. The molecule has 0 aliphatic rings. The highest BCUT2D eigenvalue weighted by Crippen LogP contribution is 2.30. The maximum atomic E-state index is 11.2. The molecule has 0 unspecified atom stereocenters. The zero-order valence-corrected chi connectivity index (χ0v) is 17.5. The van der Waals surface area contributed by atoms with Crippen LogP contribution in [-0.2, 0) is 6.61 Å². The maximum Gasteiger partial charge on any atom is 0.301 e. The number of nitrogens with zero attached hydrogens (tertiary/aromatic N) is 3. The molecule has 0 aromatic heterocycles. The average Bonchev–Trinajstić information content (AvgIpc) is 2.78. The standard InChI is InChI=1S/C21H17ClN4O6/c1-31-21-10-14(5-8-20(21)32-13-15-3-2-4-16(22)9-15)12-23-24-18-7-6-17(25(27)28)11-19(18)26(29)30/h2-12,24H,13H2,1H3/b23-12+. The van der Waals surface area contributed by atoms with E-state index in [0.717, 1.165) is 17.7 Å². The van der Waals surface area contributed by atoms with Gasteiger partial charge in [-0.15, -0.1) is 0 Å². The first kappa shape index (κ1) is 22.5. The molecule has 0 atom stereocenters. The number of nitro groups is 2. The summed E-state index contributed by atoms with van der Waals surface area (Å²) in [6.45, 7) is 0.301. The van der Waals surface area contributed by atoms with Gasteiger partial charge in [-0.2, -0.15) is 5.10 Å². The summed E-state index contributed by atoms with van der Waals surface area (Å²) in [5, 5.41) is 26.6. The van der Waals surface area contributed by atoms with Crippen LogP contribution in [0.25, 0.3) is 0 Å². The Bertz CT molecular complexity index is 1180. The van der Waals surface area contributed by atoms with E-state index in [2.05, 4.69) is 10.5 Å². The lowest BCUT2D eigenvalue weighted by Crippen LogP contribution is -2.00. The summed E-state index contributed by atoms with van der Waals surface area (Å²) in [7, 11) is 1.50. The monoisotopic (exact) mass is 456 g/mol. The molecule has 0 heterocycles. The number of nitrogens with one attached hydrogen (secondary N) is 1. The van der Waals surface area contributed by atoms with Crippen molar-refractivity contribution in [1.29, 1.82) is 0 Å². The molecule has 11 heteroatoms. The fraction of sp³-hybridized carbons (Fsp3) is 0.0952. The van der Waals surface area contributed by atoms with Crippen molar-refractivity contribution in [3.05, 3.63) is 97.0 Å². The summed E-state index contributed by atoms with van der Waals surface area (Å²) >= 11 is 5.98. The molecule has 0 saturated carbocycles. The number of methoxy groups -OCH3 is 1. The van der Waals surface area contributed by atoms with Crippen molar-refractivity contribution in [1.82, 2.24) is 0 Å². The highest BCUT2D eigenvalue weighted by molar-refractivity contribution is 6.30. The van der Waals surface area contributed by atoms with Crippen molar-refractivity contribution in [2.45, 2.75) is 6.61 Å². The van der Waals surface area contributed by atoms with Crippen molar-refractivity contribution < 1.29 is 19.3 Å². The van der Waals surface area contributed by atoms with E-state index < -0.39 is 15.5 Å². The van der Waals surface area contributed by atoms with Crippen molar-refractivity contribution in [2.75, 3.05) is 12.5 Å². The van der Waals surface area contributed by atoms with Gasteiger partial charge in [0.2, 0.25) is 0 Å². The number of hydrogen-bond donors (Lipinski definition) is 1. The Morgan fingerprint density at radius 3 is 2.53 bits per heavy atom. The molecule has 164 valence electrons. The maximum absolute atomic E-state index is 11.2. The Hall–Kier alpha value is -4.18. The molecule has 0 amide bonds. The van der Waals surface area contributed by atoms with Gasteiger partial charge in [0.15, 0.2) is 11.5 Å². The second kappa shape index (κ2) is 10.2. The Balaban J connectivity index is 1.71. The average molecular weight is 457 g/mol. The third-order valence-corrected chi connectivity index (χ3v) is 4.49. The largest absolute Gasteiger partial charge is 0.493 e. The minimum atomic E-state index is -0.722. The summed E-state index contributed by atoms with van der Waals surface area (Å²) in [5.41, 5.74) is 3.24. The van der Waals surface area contributed by atoms with E-state index in [9.17, 15) is 20.2 Å². The number of hydrazone groups is 1. The van der Waals surface area contributed by atoms with Gasteiger partial charge >= 0.3 is 5.69 Å². The number of benzene rings is 3. The Morgan fingerprint density at radius 1 is 1.03 bits per heavy atom. The van der Waals surface area contributed by atoms with Crippen LogP contribution in [0.3, 0.4) is 0 Å². The molecule has 0 radical (unpaired) electrons. The van der Waals surface area contributed by atoms with Crippen LogP contribution in [0, 0.1) is 20.2 Å². The summed E-state index contributed by atoms with van der Waals surface area (Å²) in [4.78, 5) is 20.6. The van der Waals surface area contributed by atoms with Gasteiger partial charge in [-0.05, 0) is 47.5 Å². The van der Waals surface area contributed by atoms with Crippen molar-refractivity contribution in [2.24, 2.45) is 5.10 Å². The van der Waals surface area contributed by atoms with Crippen LogP contribution in [0.5, 0.6) is 11.5 Å². The lowest BCUT2D eigenvalue weighted by Gasteiger charge is -2.11. The summed E-state index contributed by atoms with van der Waals surface area (Å²) in [6, 6.07) is 15.7. The minimum absolute atomic E-state index is 0.0188. The smallest absolute Gasteiger partial charge is 0.301 e. The summed E-state index contributed by atoms with van der Waals surface area (Å²) < 4.78 is 11.2. The lowest BCUT2D eigenvalue weighted by atomic mass is 10.2. The molecule has 3 aromatic carbocycles. The molecule has 0 saturated heterocycles. The fourth-order valence-corrected chi connectivity index (χ4v) is 2.94. The van der Waals surface area contributed by atoms with E-state index >= 15 is 0 Å².